The van der Waals surface area contributed by atoms with Gasteiger partial charge in [-0.05, 0) is 44.1 Å². The molecule has 0 radical (unpaired) electrons. The minimum absolute atomic E-state index is 0.0235. The third-order valence-corrected chi connectivity index (χ3v) is 4.01. The molecule has 0 spiro atoms. The van der Waals surface area contributed by atoms with Gasteiger partial charge in [0.05, 0.1) is 22.9 Å². The molecular formula is C15H19N5. The summed E-state index contributed by atoms with van der Waals surface area (Å²) >= 11 is 0. The quantitative estimate of drug-likeness (QED) is 0.646. The fourth-order valence-electron chi connectivity index (χ4n) is 2.51. The number of pyridine rings is 2. The van der Waals surface area contributed by atoms with Crippen LogP contribution in [0.1, 0.15) is 19.8 Å². The number of rotatable bonds is 2. The third-order valence-electron chi connectivity index (χ3n) is 4.01. The second kappa shape index (κ2) is 5.17. The highest BCUT2D eigenvalue weighted by atomic mass is 14.9. The predicted molar refractivity (Wildman–Crippen MR) is 81.0 cm³/mol. The van der Waals surface area contributed by atoms with Crippen molar-refractivity contribution < 1.29 is 0 Å². The molecule has 1 aliphatic heterocycles. The maximum Gasteiger partial charge on any atom is 0.106 e. The maximum absolute atomic E-state index is 6.23. The minimum atomic E-state index is -0.0235. The number of hydrogen-bond donors (Lipinski definition) is 2. The Kier molecular flexibility index (Phi) is 3.36. The van der Waals surface area contributed by atoms with Crippen molar-refractivity contribution in [3.05, 3.63) is 30.6 Å². The Labute approximate surface area is 118 Å². The van der Waals surface area contributed by atoms with E-state index >= 15 is 0 Å². The molecule has 2 aromatic heterocycles. The Bertz CT molecular complexity index is 644. The molecular weight excluding hydrogens is 250 g/mol. The van der Waals surface area contributed by atoms with Crippen LogP contribution in [0.5, 0.6) is 0 Å². The van der Waals surface area contributed by atoms with Crippen LogP contribution in [0.15, 0.2) is 35.6 Å². The number of aliphatic imine (C=N–C) groups is 1. The highest BCUT2D eigenvalue weighted by molar-refractivity contribution is 5.89. The average molecular weight is 269 g/mol. The summed E-state index contributed by atoms with van der Waals surface area (Å²) in [6.45, 7) is 4.16. The number of nitrogens with two attached hydrogens (primary N) is 1. The first kappa shape index (κ1) is 13.0. The zero-order valence-electron chi connectivity index (χ0n) is 11.6. The molecule has 3 heterocycles. The van der Waals surface area contributed by atoms with Crippen molar-refractivity contribution in [3.8, 4) is 0 Å². The Morgan fingerprint density at radius 3 is 2.90 bits per heavy atom. The molecule has 20 heavy (non-hydrogen) atoms. The van der Waals surface area contributed by atoms with Gasteiger partial charge in [0.1, 0.15) is 5.84 Å². The van der Waals surface area contributed by atoms with Crippen molar-refractivity contribution in [1.29, 1.82) is 0 Å². The molecule has 104 valence electrons. The van der Waals surface area contributed by atoms with Crippen LogP contribution in [0.3, 0.4) is 0 Å². The molecule has 1 aliphatic rings. The SMILES string of the molecule is CC1(C(N)=Nc2cnc3cccnc3c2)CCNCC1. The molecule has 5 nitrogen and oxygen atoms in total. The molecule has 1 fully saturated rings. The lowest BCUT2D eigenvalue weighted by Crippen LogP contribution is -2.43. The van der Waals surface area contributed by atoms with Gasteiger partial charge >= 0.3 is 0 Å². The van der Waals surface area contributed by atoms with Gasteiger partial charge in [-0.25, -0.2) is 4.99 Å². The topological polar surface area (TPSA) is 76.2 Å². The third kappa shape index (κ3) is 2.49. The zero-order chi connectivity index (χ0) is 14.0. The van der Waals surface area contributed by atoms with E-state index in [-0.39, 0.29) is 5.41 Å². The summed E-state index contributed by atoms with van der Waals surface area (Å²) in [5, 5.41) is 3.35. The van der Waals surface area contributed by atoms with Gasteiger partial charge in [0.25, 0.3) is 0 Å². The van der Waals surface area contributed by atoms with Crippen molar-refractivity contribution >= 4 is 22.6 Å². The van der Waals surface area contributed by atoms with E-state index in [1.165, 1.54) is 0 Å². The Hall–Kier alpha value is -2.01. The number of nitrogens with zero attached hydrogens (tertiary/aromatic N) is 3. The first-order valence-corrected chi connectivity index (χ1v) is 6.94. The molecule has 3 rings (SSSR count). The standard InChI is InChI=1S/C15H19N5/c1-15(4-7-17-8-5-15)14(16)20-11-9-13-12(19-10-11)3-2-6-18-13/h2-3,6,9-10,17H,4-5,7-8H2,1H3,(H2,16,20). The minimum Gasteiger partial charge on any atom is -0.387 e. The number of amidine groups is 1. The average Bonchev–Trinajstić information content (AvgIpc) is 2.48. The van der Waals surface area contributed by atoms with Gasteiger partial charge < -0.3 is 11.1 Å². The van der Waals surface area contributed by atoms with Crippen molar-refractivity contribution in [2.24, 2.45) is 16.1 Å². The Morgan fingerprint density at radius 2 is 2.10 bits per heavy atom. The van der Waals surface area contributed by atoms with E-state index in [4.69, 9.17) is 5.73 Å². The number of fused-ring (bicyclic) bond motifs is 1. The molecule has 0 amide bonds. The van der Waals surface area contributed by atoms with Gasteiger partial charge in [-0.3, -0.25) is 9.97 Å². The Morgan fingerprint density at radius 1 is 1.30 bits per heavy atom. The molecule has 0 bridgehead atoms. The van der Waals surface area contributed by atoms with Crippen molar-refractivity contribution in [3.63, 3.8) is 0 Å². The van der Waals surface area contributed by atoms with Gasteiger partial charge in [0.15, 0.2) is 0 Å². The largest absolute Gasteiger partial charge is 0.387 e. The van der Waals surface area contributed by atoms with Gasteiger partial charge in [0, 0.05) is 11.6 Å². The molecule has 3 N–H and O–H groups in total. The molecule has 0 aliphatic carbocycles. The molecule has 2 aromatic rings. The maximum atomic E-state index is 6.23. The number of nitrogens with one attached hydrogen (secondary N) is 1. The van der Waals surface area contributed by atoms with Crippen LogP contribution < -0.4 is 11.1 Å². The first-order chi connectivity index (χ1) is 9.67. The number of hydrogen-bond acceptors (Lipinski definition) is 4. The highest BCUT2D eigenvalue weighted by Gasteiger charge is 2.30. The summed E-state index contributed by atoms with van der Waals surface area (Å²) in [5.41, 5.74) is 8.70. The lowest BCUT2D eigenvalue weighted by molar-refractivity contribution is 0.326. The number of aromatic nitrogens is 2. The first-order valence-electron chi connectivity index (χ1n) is 6.94. The second-order valence-electron chi connectivity index (χ2n) is 5.54. The lowest BCUT2D eigenvalue weighted by Gasteiger charge is -2.33. The fraction of sp³-hybridized carbons (Fsp3) is 0.400. The summed E-state index contributed by atoms with van der Waals surface area (Å²) < 4.78 is 0. The monoisotopic (exact) mass is 269 g/mol. The summed E-state index contributed by atoms with van der Waals surface area (Å²) in [6.07, 6.45) is 5.54. The van der Waals surface area contributed by atoms with Crippen molar-refractivity contribution in [1.82, 2.24) is 15.3 Å². The van der Waals surface area contributed by atoms with Crippen LogP contribution in [0.4, 0.5) is 5.69 Å². The van der Waals surface area contributed by atoms with E-state index in [1.807, 2.05) is 18.2 Å². The summed E-state index contributed by atoms with van der Waals surface area (Å²) in [5.74, 6) is 0.691. The molecule has 0 saturated carbocycles. The molecule has 0 aromatic carbocycles. The van der Waals surface area contributed by atoms with Crippen LogP contribution in [-0.4, -0.2) is 28.9 Å². The summed E-state index contributed by atoms with van der Waals surface area (Å²) in [4.78, 5) is 13.2. The van der Waals surface area contributed by atoms with Gasteiger partial charge in [-0.2, -0.15) is 0 Å². The highest BCUT2D eigenvalue weighted by Crippen LogP contribution is 2.29. The fourth-order valence-corrected chi connectivity index (χ4v) is 2.51. The van der Waals surface area contributed by atoms with Gasteiger partial charge in [-0.1, -0.05) is 6.92 Å². The van der Waals surface area contributed by atoms with E-state index in [0.717, 1.165) is 42.7 Å². The van der Waals surface area contributed by atoms with Crippen LogP contribution >= 0.6 is 0 Å². The van der Waals surface area contributed by atoms with E-state index < -0.39 is 0 Å². The van der Waals surface area contributed by atoms with Crippen LogP contribution in [0, 0.1) is 5.41 Å². The summed E-state index contributed by atoms with van der Waals surface area (Å²) in [6, 6.07) is 5.75. The molecule has 0 unspecified atom stereocenters. The summed E-state index contributed by atoms with van der Waals surface area (Å²) in [7, 11) is 0. The predicted octanol–water partition coefficient (Wildman–Crippen LogP) is 2.01. The van der Waals surface area contributed by atoms with Gasteiger partial charge in [-0.15, -0.1) is 0 Å². The van der Waals surface area contributed by atoms with E-state index in [0.29, 0.717) is 5.84 Å². The van der Waals surface area contributed by atoms with Gasteiger partial charge in [0.2, 0.25) is 0 Å². The number of piperidine rings is 1. The second-order valence-corrected chi connectivity index (χ2v) is 5.54. The molecule has 5 heteroatoms. The normalized spacial score (nSPS) is 19.1. The van der Waals surface area contributed by atoms with E-state index in [9.17, 15) is 0 Å². The zero-order valence-corrected chi connectivity index (χ0v) is 11.6. The van der Waals surface area contributed by atoms with Crippen molar-refractivity contribution in [2.45, 2.75) is 19.8 Å². The van der Waals surface area contributed by atoms with E-state index in [2.05, 4.69) is 27.2 Å². The Balaban J connectivity index is 1.92. The van der Waals surface area contributed by atoms with Crippen LogP contribution in [0.25, 0.3) is 11.0 Å². The van der Waals surface area contributed by atoms with E-state index in [1.54, 1.807) is 12.4 Å². The lowest BCUT2D eigenvalue weighted by atomic mass is 9.80. The van der Waals surface area contributed by atoms with Crippen LogP contribution in [-0.2, 0) is 0 Å². The molecule has 1 saturated heterocycles. The molecule has 0 atom stereocenters. The van der Waals surface area contributed by atoms with Crippen molar-refractivity contribution in [2.75, 3.05) is 13.1 Å². The van der Waals surface area contributed by atoms with Crippen LogP contribution in [0.2, 0.25) is 0 Å². The smallest absolute Gasteiger partial charge is 0.106 e.